The molecule has 19 heavy (non-hydrogen) atoms. The van der Waals surface area contributed by atoms with Crippen LogP contribution in [0.5, 0.6) is 0 Å². The quantitative estimate of drug-likeness (QED) is 0.864. The van der Waals surface area contributed by atoms with E-state index in [9.17, 15) is 14.7 Å². The summed E-state index contributed by atoms with van der Waals surface area (Å²) in [5.74, 6) is -1.16. The Morgan fingerprint density at radius 1 is 1.47 bits per heavy atom. The molecule has 1 heterocycles. The van der Waals surface area contributed by atoms with Crippen LogP contribution in [0.4, 0.5) is 4.79 Å². The molecule has 2 N–H and O–H groups in total. The molecule has 1 aromatic heterocycles. The van der Waals surface area contributed by atoms with Gasteiger partial charge in [-0.25, -0.2) is 9.59 Å². The third-order valence-electron chi connectivity index (χ3n) is 2.49. The first-order chi connectivity index (χ1) is 8.61. The second-order valence-electron chi connectivity index (χ2n) is 5.23. The molecular weight excluding hydrogens is 250 g/mol. The molecule has 7 heteroatoms. The lowest BCUT2D eigenvalue weighted by molar-refractivity contribution is -0.139. The molecule has 1 aromatic rings. The number of ether oxygens (including phenoxy) is 1. The molecule has 0 spiro atoms. The summed E-state index contributed by atoms with van der Waals surface area (Å²) in [4.78, 5) is 22.9. The van der Waals surface area contributed by atoms with Gasteiger partial charge in [0, 0.05) is 18.3 Å². The fourth-order valence-corrected chi connectivity index (χ4v) is 1.50. The van der Waals surface area contributed by atoms with Crippen molar-refractivity contribution in [3.05, 3.63) is 17.5 Å². The molecule has 1 atom stereocenters. The van der Waals surface area contributed by atoms with Gasteiger partial charge in [-0.1, -0.05) is 0 Å². The summed E-state index contributed by atoms with van der Waals surface area (Å²) in [6.45, 7) is 6.85. The number of carboxylic acids is 1. The van der Waals surface area contributed by atoms with Gasteiger partial charge >= 0.3 is 12.1 Å². The first-order valence-corrected chi connectivity index (χ1v) is 5.82. The maximum atomic E-state index is 11.6. The normalized spacial score (nSPS) is 12.9. The Kier molecular flexibility index (Phi) is 4.18. The molecule has 1 amide bonds. The van der Waals surface area contributed by atoms with E-state index in [1.807, 2.05) is 0 Å². The molecular formula is C12H19N3O4. The van der Waals surface area contributed by atoms with Gasteiger partial charge in [0.15, 0.2) is 6.04 Å². The van der Waals surface area contributed by atoms with E-state index in [4.69, 9.17) is 4.74 Å². The summed E-state index contributed by atoms with van der Waals surface area (Å²) >= 11 is 0. The minimum Gasteiger partial charge on any atom is -0.479 e. The van der Waals surface area contributed by atoms with Crippen LogP contribution in [0.1, 0.15) is 38.1 Å². The van der Waals surface area contributed by atoms with Crippen LogP contribution in [0.25, 0.3) is 0 Å². The van der Waals surface area contributed by atoms with Gasteiger partial charge in [0.25, 0.3) is 0 Å². The number of carbonyl (C=O) groups is 2. The zero-order valence-corrected chi connectivity index (χ0v) is 11.7. The molecule has 0 bridgehead atoms. The number of rotatable bonds is 3. The monoisotopic (exact) mass is 269 g/mol. The van der Waals surface area contributed by atoms with Gasteiger partial charge in [0.2, 0.25) is 0 Å². The van der Waals surface area contributed by atoms with Gasteiger partial charge in [-0.3, -0.25) is 4.68 Å². The molecule has 1 rings (SSSR count). The van der Waals surface area contributed by atoms with Gasteiger partial charge in [-0.15, -0.1) is 0 Å². The third-order valence-corrected chi connectivity index (χ3v) is 2.49. The van der Waals surface area contributed by atoms with Crippen molar-refractivity contribution in [2.75, 3.05) is 0 Å². The first kappa shape index (κ1) is 15.0. The van der Waals surface area contributed by atoms with Gasteiger partial charge in [0.05, 0.1) is 6.20 Å². The summed E-state index contributed by atoms with van der Waals surface area (Å²) in [5.41, 5.74) is 0.418. The molecule has 0 aromatic carbocycles. The minimum absolute atomic E-state index is 0.431. The molecule has 0 saturated heterocycles. The lowest BCUT2D eigenvalue weighted by atomic mass is 10.1. The highest BCUT2D eigenvalue weighted by molar-refractivity contribution is 5.81. The van der Waals surface area contributed by atoms with Crippen molar-refractivity contribution in [2.45, 2.75) is 39.3 Å². The van der Waals surface area contributed by atoms with Crippen molar-refractivity contribution in [3.63, 3.8) is 0 Å². The van der Waals surface area contributed by atoms with Crippen molar-refractivity contribution in [1.82, 2.24) is 15.1 Å². The van der Waals surface area contributed by atoms with Crippen molar-refractivity contribution >= 4 is 12.1 Å². The Balaban J connectivity index is 2.89. The van der Waals surface area contributed by atoms with Crippen LogP contribution in [0.15, 0.2) is 6.20 Å². The van der Waals surface area contributed by atoms with Crippen molar-refractivity contribution in [1.29, 1.82) is 0 Å². The van der Waals surface area contributed by atoms with E-state index in [0.29, 0.717) is 11.3 Å². The Bertz CT molecular complexity index is 488. The number of hydrogen-bond donors (Lipinski definition) is 2. The number of hydrogen-bond acceptors (Lipinski definition) is 4. The van der Waals surface area contributed by atoms with E-state index < -0.39 is 23.7 Å². The second kappa shape index (κ2) is 5.29. The Morgan fingerprint density at radius 2 is 2.05 bits per heavy atom. The van der Waals surface area contributed by atoms with Crippen LogP contribution in [0.2, 0.25) is 0 Å². The Hall–Kier alpha value is -2.05. The number of nitrogens with one attached hydrogen (secondary N) is 1. The lowest BCUT2D eigenvalue weighted by Crippen LogP contribution is -2.38. The summed E-state index contributed by atoms with van der Waals surface area (Å²) in [6, 6.07) is -1.18. The molecule has 1 unspecified atom stereocenters. The molecule has 0 aliphatic heterocycles. The molecule has 0 aliphatic carbocycles. The van der Waals surface area contributed by atoms with Crippen molar-refractivity contribution in [3.8, 4) is 0 Å². The summed E-state index contributed by atoms with van der Waals surface area (Å²) in [7, 11) is 1.70. The van der Waals surface area contributed by atoms with E-state index >= 15 is 0 Å². The zero-order chi connectivity index (χ0) is 14.8. The predicted molar refractivity (Wildman–Crippen MR) is 67.7 cm³/mol. The number of nitrogens with zero attached hydrogens (tertiary/aromatic N) is 2. The average Bonchev–Trinajstić information content (AvgIpc) is 2.54. The molecule has 0 aliphatic rings. The minimum atomic E-state index is -1.18. The molecule has 106 valence electrons. The maximum Gasteiger partial charge on any atom is 0.408 e. The molecule has 7 nitrogen and oxygen atoms in total. The van der Waals surface area contributed by atoms with E-state index in [1.165, 1.54) is 6.20 Å². The number of amides is 1. The van der Waals surface area contributed by atoms with Crippen LogP contribution < -0.4 is 5.32 Å². The van der Waals surface area contributed by atoms with Gasteiger partial charge in [0.1, 0.15) is 5.60 Å². The number of alkyl carbamates (subject to hydrolysis) is 1. The summed E-state index contributed by atoms with van der Waals surface area (Å²) < 4.78 is 6.59. The maximum absolute atomic E-state index is 11.6. The molecule has 0 saturated carbocycles. The highest BCUT2D eigenvalue weighted by Gasteiger charge is 2.28. The lowest BCUT2D eigenvalue weighted by Gasteiger charge is -2.21. The van der Waals surface area contributed by atoms with E-state index in [1.54, 1.807) is 39.4 Å². The molecule has 0 radical (unpaired) electrons. The SMILES string of the molecule is Cc1c(C(NC(=O)OC(C)(C)C)C(=O)O)cnn1C. The number of aromatic nitrogens is 2. The molecule has 0 fully saturated rings. The van der Waals surface area contributed by atoms with Crippen molar-refractivity contribution in [2.24, 2.45) is 7.05 Å². The fraction of sp³-hybridized carbons (Fsp3) is 0.583. The van der Waals surface area contributed by atoms with E-state index in [2.05, 4.69) is 10.4 Å². The Labute approximate surface area is 111 Å². The van der Waals surface area contributed by atoms with Gasteiger partial charge < -0.3 is 15.2 Å². The van der Waals surface area contributed by atoms with Crippen molar-refractivity contribution < 1.29 is 19.4 Å². The van der Waals surface area contributed by atoms with E-state index in [0.717, 1.165) is 0 Å². The number of aryl methyl sites for hydroxylation is 1. The van der Waals surface area contributed by atoms with Crippen LogP contribution in [0.3, 0.4) is 0 Å². The van der Waals surface area contributed by atoms with E-state index in [-0.39, 0.29) is 0 Å². The smallest absolute Gasteiger partial charge is 0.408 e. The predicted octanol–water partition coefficient (Wildman–Crippen LogP) is 1.38. The number of carbonyl (C=O) groups excluding carboxylic acids is 1. The zero-order valence-electron chi connectivity index (χ0n) is 11.7. The largest absolute Gasteiger partial charge is 0.479 e. The number of aliphatic carboxylic acids is 1. The first-order valence-electron chi connectivity index (χ1n) is 5.82. The van der Waals surface area contributed by atoms with Crippen LogP contribution in [-0.4, -0.2) is 32.6 Å². The van der Waals surface area contributed by atoms with Gasteiger partial charge in [-0.2, -0.15) is 5.10 Å². The fourth-order valence-electron chi connectivity index (χ4n) is 1.50. The Morgan fingerprint density at radius 3 is 2.42 bits per heavy atom. The number of carboxylic acid groups (broad SMARTS) is 1. The highest BCUT2D eigenvalue weighted by atomic mass is 16.6. The topological polar surface area (TPSA) is 93.4 Å². The van der Waals surface area contributed by atoms with Crippen LogP contribution in [0, 0.1) is 6.92 Å². The highest BCUT2D eigenvalue weighted by Crippen LogP contribution is 2.18. The third kappa shape index (κ3) is 3.97. The van der Waals surface area contributed by atoms with Crippen LogP contribution >= 0.6 is 0 Å². The average molecular weight is 269 g/mol. The summed E-state index contributed by atoms with van der Waals surface area (Å²) in [6.07, 6.45) is 0.647. The second-order valence-corrected chi connectivity index (χ2v) is 5.23. The standard InChI is InChI=1S/C12H19N3O4/c1-7-8(6-13-15(7)5)9(10(16)17)14-11(18)19-12(2,3)4/h6,9H,1-5H3,(H,14,18)(H,16,17). The summed E-state index contributed by atoms with van der Waals surface area (Å²) in [5, 5.41) is 15.5. The van der Waals surface area contributed by atoms with Gasteiger partial charge in [-0.05, 0) is 27.7 Å². The van der Waals surface area contributed by atoms with Crippen LogP contribution in [-0.2, 0) is 16.6 Å².